The minimum Gasteiger partial charge on any atom is -0.451 e. The Bertz CT molecular complexity index is 385. The molecule has 0 aliphatic carbocycles. The molecule has 15 heavy (non-hydrogen) atoms. The number of hydrogen-bond donors (Lipinski definition) is 1. The van der Waals surface area contributed by atoms with Crippen molar-refractivity contribution in [1.82, 2.24) is 5.32 Å². The first-order valence-corrected chi connectivity index (χ1v) is 5.45. The summed E-state index contributed by atoms with van der Waals surface area (Å²) in [5.41, 5.74) is 1.23. The topological polar surface area (TPSA) is 40.4 Å². The van der Waals surface area contributed by atoms with Crippen LogP contribution in [0.2, 0.25) is 0 Å². The summed E-state index contributed by atoms with van der Waals surface area (Å²) in [4.78, 5) is 0. The molecule has 1 aromatic rings. The lowest BCUT2D eigenvalue weighted by Crippen LogP contribution is -2.24. The largest absolute Gasteiger partial charge is 0.451 e. The number of hydrogen-bond acceptors (Lipinski definition) is 3. The van der Waals surface area contributed by atoms with E-state index in [0.717, 1.165) is 18.0 Å². The van der Waals surface area contributed by atoms with E-state index in [1.54, 1.807) is 0 Å². The third-order valence-corrected chi connectivity index (χ3v) is 2.81. The van der Waals surface area contributed by atoms with Gasteiger partial charge in [0, 0.05) is 24.1 Å². The minimum atomic E-state index is -0.125. The summed E-state index contributed by atoms with van der Waals surface area (Å²) in [6.07, 6.45) is -0.125. The van der Waals surface area contributed by atoms with Crippen molar-refractivity contribution >= 4 is 0 Å². The van der Waals surface area contributed by atoms with Gasteiger partial charge in [-0.1, -0.05) is 26.0 Å². The number of nitrogens with one attached hydrogen (secondary N) is 1. The van der Waals surface area contributed by atoms with E-state index in [2.05, 4.69) is 25.2 Å². The molecule has 2 atom stereocenters. The third kappa shape index (κ3) is 1.47. The molecule has 80 valence electrons. The van der Waals surface area contributed by atoms with Gasteiger partial charge in [0.1, 0.15) is 0 Å². The van der Waals surface area contributed by atoms with Gasteiger partial charge >= 0.3 is 0 Å². The Morgan fingerprint density at radius 2 is 2.13 bits per heavy atom. The molecular formula is C12H15NO2. The first kappa shape index (κ1) is 9.04. The smallest absolute Gasteiger partial charge is 0.243 e. The summed E-state index contributed by atoms with van der Waals surface area (Å²) in [5.74, 6) is 2.20. The van der Waals surface area contributed by atoms with Crippen LogP contribution in [0.5, 0.6) is 11.5 Å². The highest BCUT2D eigenvalue weighted by molar-refractivity contribution is 5.51. The van der Waals surface area contributed by atoms with Crippen LogP contribution in [0.15, 0.2) is 18.2 Å². The molecule has 2 unspecified atom stereocenters. The van der Waals surface area contributed by atoms with Gasteiger partial charge in [-0.25, -0.2) is 0 Å². The van der Waals surface area contributed by atoms with Crippen molar-refractivity contribution in [2.45, 2.75) is 26.2 Å². The lowest BCUT2D eigenvalue weighted by molar-refractivity contribution is 0.00873. The molecule has 2 aliphatic heterocycles. The average molecular weight is 205 g/mol. The van der Waals surface area contributed by atoms with Gasteiger partial charge in [-0.15, -0.1) is 0 Å². The molecule has 0 radical (unpaired) electrons. The standard InChI is InChI=1S/C12H15NO2/c1-7(2)12-14-10-5-3-4-8(9-6-13-9)11(10)15-12/h3-5,7,9,12-13H,6H2,1-2H3. The summed E-state index contributed by atoms with van der Waals surface area (Å²) in [7, 11) is 0. The van der Waals surface area contributed by atoms with Gasteiger partial charge < -0.3 is 14.8 Å². The second-order valence-electron chi connectivity index (χ2n) is 4.48. The molecule has 2 heterocycles. The zero-order valence-electron chi connectivity index (χ0n) is 8.99. The molecule has 1 saturated heterocycles. The second kappa shape index (κ2) is 3.14. The van der Waals surface area contributed by atoms with E-state index in [9.17, 15) is 0 Å². The number of ether oxygens (including phenoxy) is 2. The van der Waals surface area contributed by atoms with Gasteiger partial charge in [0.15, 0.2) is 11.5 Å². The fourth-order valence-corrected chi connectivity index (χ4v) is 1.84. The average Bonchev–Trinajstić information content (AvgIpc) is 2.95. The zero-order valence-corrected chi connectivity index (χ0v) is 8.99. The number of fused-ring (bicyclic) bond motifs is 1. The molecule has 1 N–H and O–H groups in total. The second-order valence-corrected chi connectivity index (χ2v) is 4.48. The van der Waals surface area contributed by atoms with Crippen molar-refractivity contribution in [3.05, 3.63) is 23.8 Å². The van der Waals surface area contributed by atoms with Crippen LogP contribution in [0.25, 0.3) is 0 Å². The fraction of sp³-hybridized carbons (Fsp3) is 0.500. The molecule has 3 heteroatoms. The zero-order chi connectivity index (χ0) is 10.4. The summed E-state index contributed by atoms with van der Waals surface area (Å²) in [5, 5.41) is 3.29. The van der Waals surface area contributed by atoms with E-state index < -0.39 is 0 Å². The third-order valence-electron chi connectivity index (χ3n) is 2.81. The molecular weight excluding hydrogens is 190 g/mol. The molecule has 0 bridgehead atoms. The van der Waals surface area contributed by atoms with Gasteiger partial charge in [-0.3, -0.25) is 0 Å². The van der Waals surface area contributed by atoms with Crippen molar-refractivity contribution < 1.29 is 9.47 Å². The van der Waals surface area contributed by atoms with Gasteiger partial charge in [0.05, 0.1) is 0 Å². The Labute approximate surface area is 89.4 Å². The van der Waals surface area contributed by atoms with Crippen LogP contribution >= 0.6 is 0 Å². The van der Waals surface area contributed by atoms with E-state index in [1.807, 2.05) is 12.1 Å². The number of rotatable bonds is 2. The maximum absolute atomic E-state index is 5.84. The van der Waals surface area contributed by atoms with Crippen LogP contribution in [0.4, 0.5) is 0 Å². The Kier molecular flexibility index (Phi) is 1.89. The van der Waals surface area contributed by atoms with E-state index in [4.69, 9.17) is 9.47 Å². The summed E-state index contributed by atoms with van der Waals surface area (Å²) >= 11 is 0. The SMILES string of the molecule is CC(C)C1Oc2cccc(C3CN3)c2O1. The maximum Gasteiger partial charge on any atom is 0.243 e. The summed E-state index contributed by atoms with van der Waals surface area (Å²) in [6, 6.07) is 6.58. The Hall–Kier alpha value is -1.22. The van der Waals surface area contributed by atoms with E-state index in [1.165, 1.54) is 5.56 Å². The Morgan fingerprint density at radius 3 is 2.80 bits per heavy atom. The maximum atomic E-state index is 5.84. The van der Waals surface area contributed by atoms with E-state index >= 15 is 0 Å². The Balaban J connectivity index is 1.94. The quantitative estimate of drug-likeness (QED) is 0.751. The van der Waals surface area contributed by atoms with Crippen LogP contribution in [0.1, 0.15) is 25.5 Å². The van der Waals surface area contributed by atoms with Gasteiger partial charge in [-0.05, 0) is 6.07 Å². The highest BCUT2D eigenvalue weighted by Gasteiger charge is 2.34. The van der Waals surface area contributed by atoms with Crippen molar-refractivity contribution in [3.8, 4) is 11.5 Å². The van der Waals surface area contributed by atoms with Crippen molar-refractivity contribution in [2.75, 3.05) is 6.54 Å². The Morgan fingerprint density at radius 1 is 1.33 bits per heavy atom. The predicted molar refractivity (Wildman–Crippen MR) is 57.1 cm³/mol. The number of benzene rings is 1. The lowest BCUT2D eigenvalue weighted by atomic mass is 10.1. The molecule has 2 aliphatic rings. The molecule has 0 saturated carbocycles. The van der Waals surface area contributed by atoms with E-state index in [-0.39, 0.29) is 6.29 Å². The van der Waals surface area contributed by atoms with Crippen LogP contribution in [-0.4, -0.2) is 12.8 Å². The van der Waals surface area contributed by atoms with Crippen LogP contribution < -0.4 is 14.8 Å². The molecule has 0 spiro atoms. The molecule has 0 aromatic heterocycles. The van der Waals surface area contributed by atoms with Crippen molar-refractivity contribution in [2.24, 2.45) is 5.92 Å². The molecule has 3 nitrogen and oxygen atoms in total. The minimum absolute atomic E-state index is 0.125. The van der Waals surface area contributed by atoms with Gasteiger partial charge in [-0.2, -0.15) is 0 Å². The first-order chi connectivity index (χ1) is 7.25. The normalized spacial score (nSPS) is 27.1. The molecule has 1 fully saturated rings. The summed E-state index contributed by atoms with van der Waals surface area (Å²) in [6.45, 7) is 5.25. The molecule has 3 rings (SSSR count). The summed E-state index contributed by atoms with van der Waals surface area (Å²) < 4.78 is 11.6. The first-order valence-electron chi connectivity index (χ1n) is 5.45. The highest BCUT2D eigenvalue weighted by atomic mass is 16.7. The molecule has 1 aromatic carbocycles. The lowest BCUT2D eigenvalue weighted by Gasteiger charge is -2.13. The predicted octanol–water partition coefficient (Wildman–Crippen LogP) is 2.08. The van der Waals surface area contributed by atoms with Crippen LogP contribution in [-0.2, 0) is 0 Å². The van der Waals surface area contributed by atoms with E-state index in [0.29, 0.717) is 12.0 Å². The number of para-hydroxylation sites is 1. The highest BCUT2D eigenvalue weighted by Crippen LogP contribution is 2.43. The van der Waals surface area contributed by atoms with Gasteiger partial charge in [0.2, 0.25) is 6.29 Å². The van der Waals surface area contributed by atoms with Crippen molar-refractivity contribution in [3.63, 3.8) is 0 Å². The molecule has 0 amide bonds. The van der Waals surface area contributed by atoms with Crippen molar-refractivity contribution in [1.29, 1.82) is 0 Å². The van der Waals surface area contributed by atoms with Crippen LogP contribution in [0.3, 0.4) is 0 Å². The fourth-order valence-electron chi connectivity index (χ4n) is 1.84. The van der Waals surface area contributed by atoms with Gasteiger partial charge in [0.25, 0.3) is 0 Å². The van der Waals surface area contributed by atoms with Crippen LogP contribution in [0, 0.1) is 5.92 Å². The monoisotopic (exact) mass is 205 g/mol.